The Kier molecular flexibility index (Phi) is 2.88. The molecule has 0 bridgehead atoms. The van der Waals surface area contributed by atoms with Gasteiger partial charge in [-0.05, 0) is 6.42 Å². The number of nitrogen functional groups attached to an aromatic ring is 1. The minimum Gasteiger partial charge on any atom is -0.383 e. The molecule has 2 fully saturated rings. The lowest BCUT2D eigenvalue weighted by Crippen LogP contribution is -2.52. The molecule has 2 amide bonds. The first kappa shape index (κ1) is 12.0. The van der Waals surface area contributed by atoms with Crippen LogP contribution in [-0.2, 0) is 6.42 Å². The van der Waals surface area contributed by atoms with E-state index >= 15 is 0 Å². The Hall–Kier alpha value is -2.05. The molecule has 1 aromatic rings. The van der Waals surface area contributed by atoms with Gasteiger partial charge in [0.25, 0.3) is 0 Å². The topological polar surface area (TPSA) is 87.4 Å². The lowest BCUT2D eigenvalue weighted by atomic mass is 10.1. The van der Waals surface area contributed by atoms with Crippen LogP contribution >= 0.6 is 0 Å². The number of aromatic nitrogens is 2. The molecule has 2 saturated heterocycles. The second-order valence-corrected chi connectivity index (χ2v) is 4.89. The summed E-state index contributed by atoms with van der Waals surface area (Å²) in [6.07, 6.45) is 2.32. The molecule has 19 heavy (non-hydrogen) atoms. The van der Waals surface area contributed by atoms with Gasteiger partial charge in [0.1, 0.15) is 18.0 Å². The highest BCUT2D eigenvalue weighted by Gasteiger charge is 2.36. The Balaban J connectivity index is 1.84. The molecule has 2 aliphatic rings. The fraction of sp³-hybridized carbons (Fsp3) is 0.583. The number of fused-ring (bicyclic) bond motifs is 1. The third-order valence-electron chi connectivity index (χ3n) is 3.84. The van der Waals surface area contributed by atoms with E-state index in [0.717, 1.165) is 37.4 Å². The van der Waals surface area contributed by atoms with Gasteiger partial charge in [0.15, 0.2) is 0 Å². The lowest BCUT2D eigenvalue weighted by molar-refractivity contribution is 0.197. The summed E-state index contributed by atoms with van der Waals surface area (Å²) in [5, 5.41) is 2.88. The maximum Gasteiger partial charge on any atom is 0.317 e. The predicted molar refractivity (Wildman–Crippen MR) is 71.9 cm³/mol. The molecule has 1 unspecified atom stereocenters. The van der Waals surface area contributed by atoms with Crippen LogP contribution in [0.2, 0.25) is 0 Å². The van der Waals surface area contributed by atoms with Crippen molar-refractivity contribution in [3.63, 3.8) is 0 Å². The first-order chi connectivity index (χ1) is 9.20. The predicted octanol–water partition coefficient (Wildman–Crippen LogP) is -0.165. The number of anilines is 2. The molecule has 1 aromatic heterocycles. The Labute approximate surface area is 111 Å². The second kappa shape index (κ2) is 4.56. The van der Waals surface area contributed by atoms with Gasteiger partial charge in [0, 0.05) is 31.7 Å². The van der Waals surface area contributed by atoms with Crippen molar-refractivity contribution in [2.24, 2.45) is 0 Å². The molecule has 0 spiro atoms. The van der Waals surface area contributed by atoms with Crippen LogP contribution in [-0.4, -0.2) is 53.1 Å². The molecule has 3 heterocycles. The van der Waals surface area contributed by atoms with Gasteiger partial charge in [-0.3, -0.25) is 0 Å². The number of rotatable bonds is 2. The zero-order valence-corrected chi connectivity index (χ0v) is 11.0. The van der Waals surface area contributed by atoms with E-state index < -0.39 is 0 Å². The maximum atomic E-state index is 11.6. The summed E-state index contributed by atoms with van der Waals surface area (Å²) >= 11 is 0. The molecule has 0 saturated carbocycles. The Bertz CT molecular complexity index is 505. The van der Waals surface area contributed by atoms with E-state index in [4.69, 9.17) is 5.73 Å². The van der Waals surface area contributed by atoms with Crippen molar-refractivity contribution in [1.82, 2.24) is 20.2 Å². The number of urea groups is 1. The fourth-order valence-electron chi connectivity index (χ4n) is 2.82. The van der Waals surface area contributed by atoms with Crippen molar-refractivity contribution in [1.29, 1.82) is 0 Å². The number of nitrogens with one attached hydrogen (secondary N) is 1. The first-order valence-corrected chi connectivity index (χ1v) is 6.59. The van der Waals surface area contributed by atoms with Gasteiger partial charge in [-0.25, -0.2) is 14.8 Å². The van der Waals surface area contributed by atoms with Crippen LogP contribution in [0.15, 0.2) is 6.33 Å². The molecule has 3 N–H and O–H groups in total. The number of hydrogen-bond acceptors (Lipinski definition) is 5. The Morgan fingerprint density at radius 1 is 1.47 bits per heavy atom. The van der Waals surface area contributed by atoms with Gasteiger partial charge in [-0.2, -0.15) is 0 Å². The van der Waals surface area contributed by atoms with Crippen LogP contribution in [0.25, 0.3) is 0 Å². The zero-order chi connectivity index (χ0) is 13.4. The summed E-state index contributed by atoms with van der Waals surface area (Å²) < 4.78 is 0. The SMILES string of the molecule is CCc1c(N)ncnc1N1CCN2C(=O)NCC2C1. The lowest BCUT2D eigenvalue weighted by Gasteiger charge is -2.37. The number of piperazine rings is 1. The quantitative estimate of drug-likeness (QED) is 0.773. The number of carbonyl (C=O) groups is 1. The molecule has 0 aromatic carbocycles. The van der Waals surface area contributed by atoms with E-state index in [9.17, 15) is 4.79 Å². The molecular formula is C12H18N6O. The molecular weight excluding hydrogens is 244 g/mol. The molecule has 2 aliphatic heterocycles. The number of hydrogen-bond donors (Lipinski definition) is 2. The largest absolute Gasteiger partial charge is 0.383 e. The van der Waals surface area contributed by atoms with E-state index in [-0.39, 0.29) is 12.1 Å². The molecule has 7 nitrogen and oxygen atoms in total. The molecule has 0 aliphatic carbocycles. The number of carbonyl (C=O) groups excluding carboxylic acids is 1. The third kappa shape index (κ3) is 1.94. The van der Waals surface area contributed by atoms with Crippen molar-refractivity contribution in [2.45, 2.75) is 19.4 Å². The van der Waals surface area contributed by atoms with E-state index in [1.54, 1.807) is 0 Å². The van der Waals surface area contributed by atoms with Crippen LogP contribution < -0.4 is 16.0 Å². The van der Waals surface area contributed by atoms with Crippen LogP contribution in [0, 0.1) is 0 Å². The number of nitrogens with zero attached hydrogens (tertiary/aromatic N) is 4. The molecule has 3 rings (SSSR count). The average molecular weight is 262 g/mol. The highest BCUT2D eigenvalue weighted by atomic mass is 16.2. The Morgan fingerprint density at radius 2 is 2.32 bits per heavy atom. The monoisotopic (exact) mass is 262 g/mol. The van der Waals surface area contributed by atoms with Gasteiger partial charge < -0.3 is 20.9 Å². The van der Waals surface area contributed by atoms with Gasteiger partial charge in [-0.1, -0.05) is 6.92 Å². The second-order valence-electron chi connectivity index (χ2n) is 4.89. The van der Waals surface area contributed by atoms with Crippen LogP contribution in [0.4, 0.5) is 16.4 Å². The van der Waals surface area contributed by atoms with Crippen LogP contribution in [0.1, 0.15) is 12.5 Å². The van der Waals surface area contributed by atoms with Crippen molar-refractivity contribution < 1.29 is 4.79 Å². The molecule has 0 radical (unpaired) electrons. The number of nitrogens with two attached hydrogens (primary N) is 1. The minimum atomic E-state index is 0.0440. The number of amides is 2. The van der Waals surface area contributed by atoms with Crippen molar-refractivity contribution in [3.05, 3.63) is 11.9 Å². The fourth-order valence-corrected chi connectivity index (χ4v) is 2.82. The summed E-state index contributed by atoms with van der Waals surface area (Å²) in [5.74, 6) is 1.46. The standard InChI is InChI=1S/C12H18N6O/c1-2-9-10(13)15-7-16-11(9)17-3-4-18-8(6-17)5-14-12(18)19/h7-8H,2-6H2,1H3,(H,14,19)(H2,13,15,16). The molecule has 102 valence electrons. The van der Waals surface area contributed by atoms with Gasteiger partial charge in [-0.15, -0.1) is 0 Å². The molecule has 1 atom stereocenters. The first-order valence-electron chi connectivity index (χ1n) is 6.59. The summed E-state index contributed by atoms with van der Waals surface area (Å²) in [4.78, 5) is 24.1. The third-order valence-corrected chi connectivity index (χ3v) is 3.84. The smallest absolute Gasteiger partial charge is 0.317 e. The van der Waals surface area contributed by atoms with E-state index in [1.165, 1.54) is 6.33 Å². The van der Waals surface area contributed by atoms with Crippen molar-refractivity contribution in [3.8, 4) is 0 Å². The van der Waals surface area contributed by atoms with Crippen molar-refractivity contribution in [2.75, 3.05) is 36.8 Å². The zero-order valence-electron chi connectivity index (χ0n) is 11.0. The normalized spacial score (nSPS) is 22.4. The summed E-state index contributed by atoms with van der Waals surface area (Å²) in [6.45, 7) is 5.06. The van der Waals surface area contributed by atoms with Crippen LogP contribution in [0.3, 0.4) is 0 Å². The minimum absolute atomic E-state index is 0.0440. The maximum absolute atomic E-state index is 11.6. The van der Waals surface area contributed by atoms with E-state index in [2.05, 4.69) is 27.1 Å². The van der Waals surface area contributed by atoms with E-state index in [1.807, 2.05) is 4.90 Å². The highest BCUT2D eigenvalue weighted by molar-refractivity contribution is 5.77. The molecule has 7 heteroatoms. The van der Waals surface area contributed by atoms with Gasteiger partial charge >= 0.3 is 6.03 Å². The Morgan fingerprint density at radius 3 is 3.11 bits per heavy atom. The van der Waals surface area contributed by atoms with Crippen LogP contribution in [0.5, 0.6) is 0 Å². The van der Waals surface area contributed by atoms with Gasteiger partial charge in [0.2, 0.25) is 0 Å². The van der Waals surface area contributed by atoms with Gasteiger partial charge in [0.05, 0.1) is 6.04 Å². The summed E-state index contributed by atoms with van der Waals surface area (Å²) in [6, 6.07) is 0.268. The van der Waals surface area contributed by atoms with Crippen molar-refractivity contribution >= 4 is 17.7 Å². The average Bonchev–Trinajstić information content (AvgIpc) is 2.79. The summed E-state index contributed by atoms with van der Waals surface area (Å²) in [5.41, 5.74) is 6.91. The highest BCUT2D eigenvalue weighted by Crippen LogP contribution is 2.25. The van der Waals surface area contributed by atoms with E-state index in [0.29, 0.717) is 12.4 Å². The summed E-state index contributed by atoms with van der Waals surface area (Å²) in [7, 11) is 0.